The number of fused-ring (bicyclic) bond motifs is 8. The van der Waals surface area contributed by atoms with Crippen molar-refractivity contribution in [2.75, 3.05) is 0 Å². The van der Waals surface area contributed by atoms with Crippen LogP contribution in [0.3, 0.4) is 0 Å². The Labute approximate surface area is 607 Å². The van der Waals surface area contributed by atoms with Crippen molar-refractivity contribution in [3.05, 3.63) is 226 Å². The van der Waals surface area contributed by atoms with Crippen molar-refractivity contribution in [1.29, 1.82) is 0 Å². The number of hydrogen-bond acceptors (Lipinski definition) is 25. The Morgan fingerprint density at radius 1 is 0.167 bits per heavy atom. The normalized spacial score (nSPS) is 11.9. The smallest absolute Gasteiger partial charge is 0.190 e. The Bertz CT molecular complexity index is 5520. The molecule has 0 N–H and O–H groups in total. The van der Waals surface area contributed by atoms with Gasteiger partial charge in [-0.2, -0.15) is 0 Å². The first-order valence-corrected chi connectivity index (χ1v) is 38.3. The lowest BCUT2D eigenvalue weighted by molar-refractivity contribution is 1.26. The average molecular weight is 1460 g/mol. The van der Waals surface area contributed by atoms with Crippen LogP contribution in [-0.2, 0) is 0 Å². The van der Waals surface area contributed by atoms with Crippen LogP contribution in [0.5, 0.6) is 0 Å². The molecule has 0 aliphatic rings. The quantitative estimate of drug-likeness (QED) is 0.111. The molecule has 0 saturated heterocycles. The molecule has 0 radical (unpaired) electrons. The van der Waals surface area contributed by atoms with E-state index in [2.05, 4.69) is 89.9 Å². The van der Waals surface area contributed by atoms with E-state index in [1.54, 1.807) is 91.8 Å². The van der Waals surface area contributed by atoms with E-state index in [0.717, 1.165) is 206 Å². The lowest BCUT2D eigenvalue weighted by Gasteiger charge is -2.21. The first-order chi connectivity index (χ1) is 50.4. The molecule has 0 fully saturated rings. The molecule has 16 heterocycles. The molecule has 0 saturated carbocycles. The minimum atomic E-state index is 0.565. The second-order valence-corrected chi connectivity index (χ2v) is 31.6. The maximum atomic E-state index is 5.29. The molecule has 478 valence electrons. The highest BCUT2D eigenvalue weighted by molar-refractivity contribution is 7.24. The second kappa shape index (κ2) is 24.0. The van der Waals surface area contributed by atoms with Crippen LogP contribution in [0, 0.1) is 0 Å². The molecule has 25 heteroatoms. The third-order valence-electron chi connectivity index (χ3n) is 17.3. The lowest BCUT2D eigenvalue weighted by atomic mass is 9.83. The molecule has 0 aliphatic carbocycles. The largest absolute Gasteiger partial charge is 0.244 e. The van der Waals surface area contributed by atoms with Crippen molar-refractivity contribution in [1.82, 2.24) is 84.7 Å². The SMILES string of the molecule is c1cnc2sc(-c3cc(-c4nc5cccnc5s4)cc(-c4cc(-c5cc(-c6nc7cccnc7s6)cc(-c6nc7cccnc7s6)c5)c(-c5cc(-c6nc7cccnc7s6)cc(-c6nc7nccnc7s6)c5)cc4-c4cc(-c5nc6cccnc6s5)cc(-c5nc6cccnc6s5)c4)c3)nc2c1. The zero-order valence-electron chi connectivity index (χ0n) is 52.2. The van der Waals surface area contributed by atoms with Crippen LogP contribution < -0.4 is 0 Å². The van der Waals surface area contributed by atoms with Gasteiger partial charge in [0.15, 0.2) is 10.5 Å². The maximum Gasteiger partial charge on any atom is 0.190 e. The Morgan fingerprint density at radius 2 is 0.353 bits per heavy atom. The van der Waals surface area contributed by atoms with Crippen LogP contribution in [0.15, 0.2) is 226 Å². The van der Waals surface area contributed by atoms with Gasteiger partial charge in [0.25, 0.3) is 0 Å². The fraction of sp³-hybridized carbons (Fsp3) is 0. The van der Waals surface area contributed by atoms with Gasteiger partial charge >= 0.3 is 0 Å². The van der Waals surface area contributed by atoms with Crippen molar-refractivity contribution in [2.45, 2.75) is 0 Å². The standard InChI is InChI=1S/C77H37N17S8/c1-8-54-70(79-15-1)95-62(87-54)42-24-38(25-43(32-42)63-88-55-9-2-16-80-71(55)96-63)50-36-52(40-28-46(66-91-58-12-5-19-83-74(58)99-66)34-47(29-40)67-92-59-13-6-20-84-75(59)100-67)53(41-30-48(68-93-60-14-7-21-85-76(60)101-68)35-49(31-41)69-94-61-77(102-69)86-23-22-78-61)37-51(50)39-26-44(64-89-56-10-3-17-81-72(56)97-64)33-45(27-39)65-90-57-11-4-18-82-73(57)98-65/h1-37H. The van der Waals surface area contributed by atoms with E-state index < -0.39 is 0 Å². The summed E-state index contributed by atoms with van der Waals surface area (Å²) in [7, 11) is 0. The zero-order valence-corrected chi connectivity index (χ0v) is 58.8. The summed E-state index contributed by atoms with van der Waals surface area (Å²) in [6.45, 7) is 0. The van der Waals surface area contributed by atoms with Gasteiger partial charge in [-0.05, 0) is 214 Å². The topological polar surface area (TPSA) is 219 Å². The van der Waals surface area contributed by atoms with Gasteiger partial charge in [-0.15, -0.1) is 0 Å². The summed E-state index contributed by atoms with van der Waals surface area (Å²) in [5, 5.41) is 6.41. The van der Waals surface area contributed by atoms with Gasteiger partial charge in [-0.1, -0.05) is 90.7 Å². The van der Waals surface area contributed by atoms with E-state index in [0.29, 0.717) is 5.65 Å². The number of hydrogen-bond donors (Lipinski definition) is 0. The van der Waals surface area contributed by atoms with Crippen LogP contribution in [0.2, 0.25) is 0 Å². The molecule has 21 aromatic rings. The summed E-state index contributed by atoms with van der Waals surface area (Å²) >= 11 is 12.4. The molecule has 0 unspecified atom stereocenters. The molecular weight excluding hydrogens is 1420 g/mol. The van der Waals surface area contributed by atoms with Gasteiger partial charge < -0.3 is 0 Å². The fourth-order valence-corrected chi connectivity index (χ4v) is 19.8. The Balaban J connectivity index is 0.908. The maximum absolute atomic E-state index is 5.29. The number of nitrogens with zero attached hydrogens (tertiary/aromatic N) is 17. The van der Waals surface area contributed by atoms with Gasteiger partial charge in [0, 0.05) is 100 Å². The second-order valence-electron chi connectivity index (χ2n) is 23.8. The van der Waals surface area contributed by atoms with Crippen LogP contribution in [-0.4, -0.2) is 84.7 Å². The number of aromatic nitrogens is 17. The fourth-order valence-electron chi connectivity index (χ4n) is 12.7. The third-order valence-corrected chi connectivity index (χ3v) is 25.5. The Kier molecular flexibility index (Phi) is 14.0. The van der Waals surface area contributed by atoms with Gasteiger partial charge in [0.2, 0.25) is 0 Å². The van der Waals surface area contributed by atoms with Crippen LogP contribution in [0.4, 0.5) is 0 Å². The van der Waals surface area contributed by atoms with Crippen molar-refractivity contribution in [2.24, 2.45) is 0 Å². The first-order valence-electron chi connectivity index (χ1n) is 31.8. The highest BCUT2D eigenvalue weighted by Crippen LogP contribution is 2.51. The lowest BCUT2D eigenvalue weighted by Crippen LogP contribution is -1.96. The summed E-state index contributed by atoms with van der Waals surface area (Å²) in [5.41, 5.74) is 20.6. The van der Waals surface area contributed by atoms with Crippen molar-refractivity contribution in [3.63, 3.8) is 0 Å². The number of benzene rings is 5. The van der Waals surface area contributed by atoms with Gasteiger partial charge in [-0.25, -0.2) is 84.7 Å². The molecule has 21 rings (SSSR count). The van der Waals surface area contributed by atoms with E-state index in [4.69, 9.17) is 79.7 Å². The summed E-state index contributed by atoms with van der Waals surface area (Å²) < 4.78 is 0. The summed E-state index contributed by atoms with van der Waals surface area (Å²) in [5.74, 6) is 0. The van der Waals surface area contributed by atoms with Crippen LogP contribution in [0.25, 0.3) is 212 Å². The molecule has 102 heavy (non-hydrogen) atoms. The summed E-state index contributed by atoms with van der Waals surface area (Å²) in [6, 6.07) is 59.1. The summed E-state index contributed by atoms with van der Waals surface area (Å²) in [6.07, 6.45) is 16.1. The zero-order chi connectivity index (χ0) is 66.9. The van der Waals surface area contributed by atoms with E-state index >= 15 is 0 Å². The molecule has 5 aromatic carbocycles. The molecule has 16 aromatic heterocycles. The molecule has 0 aliphatic heterocycles. The van der Waals surface area contributed by atoms with E-state index in [9.17, 15) is 0 Å². The van der Waals surface area contributed by atoms with Crippen molar-refractivity contribution < 1.29 is 0 Å². The highest BCUT2D eigenvalue weighted by Gasteiger charge is 2.26. The summed E-state index contributed by atoms with van der Waals surface area (Å²) in [4.78, 5) is 91.7. The average Bonchev–Trinajstić information content (AvgIpc) is 1.31. The molecule has 17 nitrogen and oxygen atoms in total. The minimum absolute atomic E-state index is 0.565. The molecule has 0 amide bonds. The predicted molar refractivity (Wildman–Crippen MR) is 417 cm³/mol. The van der Waals surface area contributed by atoms with E-state index in [-0.39, 0.29) is 0 Å². The van der Waals surface area contributed by atoms with Crippen molar-refractivity contribution >= 4 is 174 Å². The molecule has 0 atom stereocenters. The molecular formula is C77H37N17S8. The highest BCUT2D eigenvalue weighted by atomic mass is 32.1. The molecule has 0 spiro atoms. The monoisotopic (exact) mass is 1460 g/mol. The van der Waals surface area contributed by atoms with Crippen molar-refractivity contribution in [3.8, 4) is 129 Å². The number of pyridine rings is 7. The van der Waals surface area contributed by atoms with E-state index in [1.165, 1.54) is 11.3 Å². The van der Waals surface area contributed by atoms with Crippen LogP contribution >= 0.6 is 90.7 Å². The third kappa shape index (κ3) is 10.6. The van der Waals surface area contributed by atoms with Gasteiger partial charge in [0.1, 0.15) is 112 Å². The van der Waals surface area contributed by atoms with Gasteiger partial charge in [-0.3, -0.25) is 0 Å². The van der Waals surface area contributed by atoms with Crippen LogP contribution in [0.1, 0.15) is 0 Å². The predicted octanol–water partition coefficient (Wildman–Crippen LogP) is 21.1. The number of rotatable bonds is 12. The number of thiazole rings is 8. The van der Waals surface area contributed by atoms with Gasteiger partial charge in [0.05, 0.1) is 0 Å². The first kappa shape index (κ1) is 59.2. The van der Waals surface area contributed by atoms with E-state index in [1.807, 2.05) is 128 Å². The Morgan fingerprint density at radius 3 is 0.569 bits per heavy atom. The molecule has 0 bridgehead atoms. The Hall–Kier alpha value is -11.7. The minimum Gasteiger partial charge on any atom is -0.244 e.